The maximum atomic E-state index is 12.0. The molecular weight excluding hydrogens is 238 g/mol. The normalized spacial score (nSPS) is 16.1. The van der Waals surface area contributed by atoms with Crippen LogP contribution < -0.4 is 0 Å². The summed E-state index contributed by atoms with van der Waals surface area (Å²) in [6.45, 7) is 1.11. The highest BCUT2D eigenvalue weighted by Crippen LogP contribution is 2.13. The van der Waals surface area contributed by atoms with Crippen LogP contribution in [0.25, 0.3) is 0 Å². The molecule has 4 heteroatoms. The first-order valence-electron chi connectivity index (χ1n) is 5.69. The molecule has 0 saturated carbocycles. The number of amides is 1. The zero-order valence-electron chi connectivity index (χ0n) is 9.49. The quantitative estimate of drug-likeness (QED) is 0.807. The van der Waals surface area contributed by atoms with Gasteiger partial charge in [0, 0.05) is 31.0 Å². The van der Waals surface area contributed by atoms with E-state index in [0.29, 0.717) is 37.4 Å². The van der Waals surface area contributed by atoms with E-state index < -0.39 is 0 Å². The molecule has 2 rings (SSSR count). The number of rotatable bonds is 2. The number of Topliss-reactive ketones (excluding diaryl/α,β-unsaturated/α-hetero) is 1. The van der Waals surface area contributed by atoms with Crippen molar-refractivity contribution in [3.05, 3.63) is 34.9 Å². The molecule has 1 aromatic carbocycles. The fourth-order valence-corrected chi connectivity index (χ4v) is 2.15. The van der Waals surface area contributed by atoms with Gasteiger partial charge in [-0.2, -0.15) is 0 Å². The first kappa shape index (κ1) is 12.1. The van der Waals surface area contributed by atoms with Crippen molar-refractivity contribution in [3.8, 4) is 0 Å². The molecule has 1 fully saturated rings. The fourth-order valence-electron chi connectivity index (χ4n) is 1.94. The van der Waals surface area contributed by atoms with Gasteiger partial charge in [-0.3, -0.25) is 9.59 Å². The number of piperidine rings is 1. The predicted molar refractivity (Wildman–Crippen MR) is 66.0 cm³/mol. The van der Waals surface area contributed by atoms with Gasteiger partial charge >= 0.3 is 0 Å². The number of carbonyl (C=O) groups is 2. The second-order valence-electron chi connectivity index (χ2n) is 4.23. The number of hydrogen-bond acceptors (Lipinski definition) is 2. The van der Waals surface area contributed by atoms with Gasteiger partial charge in [0.15, 0.2) is 0 Å². The molecule has 0 N–H and O–H groups in total. The van der Waals surface area contributed by atoms with Gasteiger partial charge in [-0.25, -0.2) is 0 Å². The van der Waals surface area contributed by atoms with Crippen molar-refractivity contribution in [1.82, 2.24) is 4.90 Å². The number of carbonyl (C=O) groups excluding carboxylic acids is 2. The summed E-state index contributed by atoms with van der Waals surface area (Å²) in [6.07, 6.45) is 1.33. The van der Waals surface area contributed by atoms with E-state index in [9.17, 15) is 9.59 Å². The lowest BCUT2D eigenvalue weighted by molar-refractivity contribution is -0.133. The standard InChI is InChI=1S/C13H14ClNO2/c14-11-3-1-2-10(8-11)9-13(17)15-6-4-12(16)5-7-15/h1-3,8H,4-7,9H2. The van der Waals surface area contributed by atoms with E-state index in [4.69, 9.17) is 11.6 Å². The van der Waals surface area contributed by atoms with Crippen LogP contribution in [0.3, 0.4) is 0 Å². The minimum atomic E-state index is 0.0692. The molecule has 3 nitrogen and oxygen atoms in total. The summed E-state index contributed by atoms with van der Waals surface area (Å²) in [7, 11) is 0. The molecule has 0 bridgehead atoms. The van der Waals surface area contributed by atoms with Gasteiger partial charge in [0.25, 0.3) is 0 Å². The first-order chi connectivity index (χ1) is 8.15. The van der Waals surface area contributed by atoms with Gasteiger partial charge in [0.05, 0.1) is 6.42 Å². The summed E-state index contributed by atoms with van der Waals surface area (Å²) < 4.78 is 0. The molecule has 0 atom stereocenters. The lowest BCUT2D eigenvalue weighted by Gasteiger charge is -2.26. The highest BCUT2D eigenvalue weighted by Gasteiger charge is 2.20. The Kier molecular flexibility index (Phi) is 3.79. The van der Waals surface area contributed by atoms with Crippen LogP contribution in [-0.4, -0.2) is 29.7 Å². The van der Waals surface area contributed by atoms with Crippen molar-refractivity contribution in [2.24, 2.45) is 0 Å². The van der Waals surface area contributed by atoms with Crippen molar-refractivity contribution >= 4 is 23.3 Å². The summed E-state index contributed by atoms with van der Waals surface area (Å²) in [4.78, 5) is 24.8. The average Bonchev–Trinajstić information content (AvgIpc) is 2.29. The van der Waals surface area contributed by atoms with E-state index in [1.807, 2.05) is 12.1 Å². The molecule has 1 heterocycles. The zero-order chi connectivity index (χ0) is 12.3. The minimum Gasteiger partial charge on any atom is -0.342 e. The van der Waals surface area contributed by atoms with Crippen LogP contribution in [0.4, 0.5) is 0 Å². The molecule has 1 aromatic rings. The van der Waals surface area contributed by atoms with E-state index in [-0.39, 0.29) is 11.7 Å². The van der Waals surface area contributed by atoms with Crippen LogP contribution in [0, 0.1) is 0 Å². The van der Waals surface area contributed by atoms with Gasteiger partial charge < -0.3 is 4.90 Å². The molecule has 0 radical (unpaired) electrons. The van der Waals surface area contributed by atoms with Crippen molar-refractivity contribution in [2.75, 3.05) is 13.1 Å². The second-order valence-corrected chi connectivity index (χ2v) is 4.66. The molecule has 90 valence electrons. The second kappa shape index (κ2) is 5.32. The Balaban J connectivity index is 1.95. The van der Waals surface area contributed by atoms with E-state index in [0.717, 1.165) is 5.56 Å². The van der Waals surface area contributed by atoms with Crippen LogP contribution in [-0.2, 0) is 16.0 Å². The number of ketones is 1. The van der Waals surface area contributed by atoms with Crippen LogP contribution in [0.2, 0.25) is 5.02 Å². The summed E-state index contributed by atoms with van der Waals surface area (Å²) in [5.41, 5.74) is 0.916. The Hall–Kier alpha value is -1.35. The Morgan fingerprint density at radius 1 is 1.29 bits per heavy atom. The molecule has 0 aliphatic carbocycles. The Morgan fingerprint density at radius 3 is 2.65 bits per heavy atom. The molecular formula is C13H14ClNO2. The maximum Gasteiger partial charge on any atom is 0.227 e. The van der Waals surface area contributed by atoms with Crippen molar-refractivity contribution < 1.29 is 9.59 Å². The van der Waals surface area contributed by atoms with E-state index in [2.05, 4.69) is 0 Å². The molecule has 1 amide bonds. The third kappa shape index (κ3) is 3.30. The number of likely N-dealkylation sites (tertiary alicyclic amines) is 1. The number of nitrogens with zero attached hydrogens (tertiary/aromatic N) is 1. The van der Waals surface area contributed by atoms with Gasteiger partial charge in [0.2, 0.25) is 5.91 Å². The summed E-state index contributed by atoms with van der Waals surface area (Å²) in [5, 5.41) is 0.643. The van der Waals surface area contributed by atoms with Crippen LogP contribution in [0.1, 0.15) is 18.4 Å². The average molecular weight is 252 g/mol. The van der Waals surface area contributed by atoms with Gasteiger partial charge in [-0.15, -0.1) is 0 Å². The summed E-state index contributed by atoms with van der Waals surface area (Å²) in [6, 6.07) is 7.31. The molecule has 17 heavy (non-hydrogen) atoms. The zero-order valence-corrected chi connectivity index (χ0v) is 10.2. The maximum absolute atomic E-state index is 12.0. The van der Waals surface area contributed by atoms with Crippen LogP contribution in [0.15, 0.2) is 24.3 Å². The minimum absolute atomic E-state index is 0.0692. The Bertz CT molecular complexity index is 435. The van der Waals surface area contributed by atoms with Gasteiger partial charge in [-0.05, 0) is 17.7 Å². The van der Waals surface area contributed by atoms with Crippen LogP contribution >= 0.6 is 11.6 Å². The highest BCUT2D eigenvalue weighted by molar-refractivity contribution is 6.30. The van der Waals surface area contributed by atoms with Crippen molar-refractivity contribution in [3.63, 3.8) is 0 Å². The largest absolute Gasteiger partial charge is 0.342 e. The molecule has 1 aliphatic rings. The Labute approximate surface area is 105 Å². The van der Waals surface area contributed by atoms with E-state index in [1.54, 1.807) is 17.0 Å². The van der Waals surface area contributed by atoms with Crippen molar-refractivity contribution in [1.29, 1.82) is 0 Å². The molecule has 1 aliphatic heterocycles. The number of halogens is 1. The molecule has 0 unspecified atom stereocenters. The monoisotopic (exact) mass is 251 g/mol. The summed E-state index contributed by atoms with van der Waals surface area (Å²) >= 11 is 5.86. The number of hydrogen-bond donors (Lipinski definition) is 0. The fraction of sp³-hybridized carbons (Fsp3) is 0.385. The third-order valence-corrected chi connectivity index (χ3v) is 3.15. The SMILES string of the molecule is O=C1CCN(C(=O)Cc2cccc(Cl)c2)CC1. The van der Waals surface area contributed by atoms with E-state index >= 15 is 0 Å². The van der Waals surface area contributed by atoms with Crippen LogP contribution in [0.5, 0.6) is 0 Å². The lowest BCUT2D eigenvalue weighted by atomic mass is 10.1. The number of benzene rings is 1. The summed E-state index contributed by atoms with van der Waals surface area (Å²) in [5.74, 6) is 0.316. The third-order valence-electron chi connectivity index (χ3n) is 2.92. The molecule has 1 saturated heterocycles. The van der Waals surface area contributed by atoms with Gasteiger partial charge in [0.1, 0.15) is 5.78 Å². The lowest BCUT2D eigenvalue weighted by Crippen LogP contribution is -2.39. The smallest absolute Gasteiger partial charge is 0.227 e. The molecule has 0 spiro atoms. The van der Waals surface area contributed by atoms with Crippen molar-refractivity contribution in [2.45, 2.75) is 19.3 Å². The highest BCUT2D eigenvalue weighted by atomic mass is 35.5. The topological polar surface area (TPSA) is 37.4 Å². The predicted octanol–water partition coefficient (Wildman–Crippen LogP) is 2.07. The first-order valence-corrected chi connectivity index (χ1v) is 6.07. The van der Waals surface area contributed by atoms with Gasteiger partial charge in [-0.1, -0.05) is 23.7 Å². The van der Waals surface area contributed by atoms with E-state index in [1.165, 1.54) is 0 Å². The molecule has 0 aromatic heterocycles. The Morgan fingerprint density at radius 2 is 2.00 bits per heavy atom.